The molecule has 2 aromatic heterocycles. The molecule has 4 heteroatoms. The molecule has 4 nitrogen and oxygen atoms in total. The maximum Gasteiger partial charge on any atom is 0.161 e. The van der Waals surface area contributed by atoms with Crippen LogP contribution in [0.3, 0.4) is 0 Å². The molecule has 0 radical (unpaired) electrons. The topological polar surface area (TPSA) is 56.7 Å². The number of hydrogen-bond acceptors (Lipinski definition) is 3. The Balaban J connectivity index is 2.59. The summed E-state index contributed by atoms with van der Waals surface area (Å²) in [6.45, 7) is 1.91. The maximum atomic E-state index is 5.77. The molecule has 0 spiro atoms. The van der Waals surface area contributed by atoms with E-state index >= 15 is 0 Å². The van der Waals surface area contributed by atoms with Crippen LogP contribution in [0.1, 0.15) is 5.82 Å². The molecule has 66 valence electrons. The van der Waals surface area contributed by atoms with Crippen LogP contribution >= 0.6 is 0 Å². The summed E-state index contributed by atoms with van der Waals surface area (Å²) in [7, 11) is 0. The van der Waals surface area contributed by atoms with E-state index in [9.17, 15) is 0 Å². The van der Waals surface area contributed by atoms with Gasteiger partial charge in [0, 0.05) is 18.6 Å². The third-order valence-corrected chi connectivity index (χ3v) is 1.87. The average molecular weight is 174 g/mol. The van der Waals surface area contributed by atoms with Crippen LogP contribution < -0.4 is 5.73 Å². The molecule has 2 rings (SSSR count). The van der Waals surface area contributed by atoms with E-state index in [1.165, 1.54) is 0 Å². The third kappa shape index (κ3) is 1.26. The van der Waals surface area contributed by atoms with E-state index in [1.807, 2.05) is 29.8 Å². The average Bonchev–Trinajstić information content (AvgIpc) is 2.52. The predicted molar refractivity (Wildman–Crippen MR) is 50.5 cm³/mol. The SMILES string of the molecule is Cc1nccn1-c1ncccc1N. The van der Waals surface area contributed by atoms with Gasteiger partial charge in [0.1, 0.15) is 5.82 Å². The summed E-state index contributed by atoms with van der Waals surface area (Å²) in [5, 5.41) is 0. The molecule has 0 fully saturated rings. The van der Waals surface area contributed by atoms with Crippen LogP contribution in [0, 0.1) is 6.92 Å². The molecule has 0 aliphatic heterocycles. The fourth-order valence-electron chi connectivity index (χ4n) is 1.21. The van der Waals surface area contributed by atoms with Crippen molar-refractivity contribution in [3.8, 4) is 5.82 Å². The van der Waals surface area contributed by atoms with Gasteiger partial charge in [-0.3, -0.25) is 4.57 Å². The number of nitrogens with zero attached hydrogens (tertiary/aromatic N) is 3. The van der Waals surface area contributed by atoms with Crippen molar-refractivity contribution in [1.82, 2.24) is 14.5 Å². The summed E-state index contributed by atoms with van der Waals surface area (Å²) in [4.78, 5) is 8.28. The van der Waals surface area contributed by atoms with Gasteiger partial charge in [-0.1, -0.05) is 0 Å². The second-order valence-corrected chi connectivity index (χ2v) is 2.76. The van der Waals surface area contributed by atoms with Gasteiger partial charge in [-0.15, -0.1) is 0 Å². The van der Waals surface area contributed by atoms with Crippen LogP contribution in [0.4, 0.5) is 5.69 Å². The highest BCUT2D eigenvalue weighted by molar-refractivity contribution is 5.52. The van der Waals surface area contributed by atoms with Crippen molar-refractivity contribution in [3.63, 3.8) is 0 Å². The van der Waals surface area contributed by atoms with E-state index < -0.39 is 0 Å². The monoisotopic (exact) mass is 174 g/mol. The Labute approximate surface area is 76.1 Å². The van der Waals surface area contributed by atoms with E-state index in [2.05, 4.69) is 9.97 Å². The minimum absolute atomic E-state index is 0.656. The van der Waals surface area contributed by atoms with Crippen molar-refractivity contribution in [1.29, 1.82) is 0 Å². The molecule has 2 aromatic rings. The van der Waals surface area contributed by atoms with Crippen LogP contribution in [0.15, 0.2) is 30.7 Å². The Morgan fingerprint density at radius 1 is 1.31 bits per heavy atom. The summed E-state index contributed by atoms with van der Waals surface area (Å²) in [5.74, 6) is 1.61. The van der Waals surface area contributed by atoms with Crippen molar-refractivity contribution >= 4 is 5.69 Å². The first-order chi connectivity index (χ1) is 6.29. The largest absolute Gasteiger partial charge is 0.396 e. The summed E-state index contributed by atoms with van der Waals surface area (Å²) in [5.41, 5.74) is 6.43. The minimum Gasteiger partial charge on any atom is -0.396 e. The Kier molecular flexibility index (Phi) is 1.73. The van der Waals surface area contributed by atoms with Crippen LogP contribution in [-0.2, 0) is 0 Å². The fraction of sp³-hybridized carbons (Fsp3) is 0.111. The summed E-state index contributed by atoms with van der Waals surface area (Å²) < 4.78 is 1.86. The first kappa shape index (κ1) is 7.79. The molecule has 0 atom stereocenters. The Bertz CT molecular complexity index is 419. The normalized spacial score (nSPS) is 10.2. The van der Waals surface area contributed by atoms with Gasteiger partial charge in [-0.25, -0.2) is 9.97 Å². The van der Waals surface area contributed by atoms with Crippen molar-refractivity contribution in [2.24, 2.45) is 0 Å². The van der Waals surface area contributed by atoms with Gasteiger partial charge in [0.25, 0.3) is 0 Å². The number of anilines is 1. The molecule has 0 bridgehead atoms. The number of imidazole rings is 1. The van der Waals surface area contributed by atoms with E-state index in [0.29, 0.717) is 5.69 Å². The summed E-state index contributed by atoms with van der Waals surface area (Å²) in [6, 6.07) is 3.63. The standard InChI is InChI=1S/C9H10N4/c1-7-11-5-6-13(7)9-8(10)3-2-4-12-9/h2-6H,10H2,1H3. The summed E-state index contributed by atoms with van der Waals surface area (Å²) >= 11 is 0. The molecule has 2 N–H and O–H groups in total. The molecule has 0 aromatic carbocycles. The van der Waals surface area contributed by atoms with Gasteiger partial charge in [-0.2, -0.15) is 0 Å². The number of nitrogens with two attached hydrogens (primary N) is 1. The highest BCUT2D eigenvalue weighted by atomic mass is 15.1. The third-order valence-electron chi connectivity index (χ3n) is 1.87. The number of aryl methyl sites for hydroxylation is 1. The van der Waals surface area contributed by atoms with Crippen molar-refractivity contribution in [2.75, 3.05) is 5.73 Å². The molecule has 0 saturated heterocycles. The Morgan fingerprint density at radius 2 is 2.15 bits per heavy atom. The molecule has 0 unspecified atom stereocenters. The zero-order valence-electron chi connectivity index (χ0n) is 7.31. The number of pyridine rings is 1. The van der Waals surface area contributed by atoms with Crippen LogP contribution in [0.2, 0.25) is 0 Å². The zero-order valence-corrected chi connectivity index (χ0v) is 7.31. The van der Waals surface area contributed by atoms with Crippen molar-refractivity contribution in [3.05, 3.63) is 36.5 Å². The van der Waals surface area contributed by atoms with Crippen LogP contribution in [0.5, 0.6) is 0 Å². The number of hydrogen-bond donors (Lipinski definition) is 1. The van der Waals surface area contributed by atoms with Gasteiger partial charge >= 0.3 is 0 Å². The first-order valence-corrected chi connectivity index (χ1v) is 4.00. The first-order valence-electron chi connectivity index (χ1n) is 4.00. The molecule has 13 heavy (non-hydrogen) atoms. The van der Waals surface area contributed by atoms with Crippen LogP contribution in [-0.4, -0.2) is 14.5 Å². The molecule has 0 aliphatic carbocycles. The van der Waals surface area contributed by atoms with Crippen molar-refractivity contribution in [2.45, 2.75) is 6.92 Å². The van der Waals surface area contributed by atoms with E-state index in [0.717, 1.165) is 11.6 Å². The van der Waals surface area contributed by atoms with Crippen LogP contribution in [0.25, 0.3) is 5.82 Å². The van der Waals surface area contributed by atoms with Gasteiger partial charge < -0.3 is 5.73 Å². The molecular weight excluding hydrogens is 164 g/mol. The number of aromatic nitrogens is 3. The second kappa shape index (κ2) is 2.90. The van der Waals surface area contributed by atoms with E-state index in [1.54, 1.807) is 12.4 Å². The lowest BCUT2D eigenvalue weighted by Gasteiger charge is -2.05. The molecule has 0 saturated carbocycles. The highest BCUT2D eigenvalue weighted by Gasteiger charge is 2.03. The van der Waals surface area contributed by atoms with Gasteiger partial charge in [0.05, 0.1) is 5.69 Å². The van der Waals surface area contributed by atoms with Crippen molar-refractivity contribution < 1.29 is 0 Å². The lowest BCUT2D eigenvalue weighted by molar-refractivity contribution is 0.936. The molecule has 2 heterocycles. The fourth-order valence-corrected chi connectivity index (χ4v) is 1.21. The summed E-state index contributed by atoms with van der Waals surface area (Å²) in [6.07, 6.45) is 5.28. The molecular formula is C9H10N4. The quantitative estimate of drug-likeness (QED) is 0.705. The smallest absolute Gasteiger partial charge is 0.161 e. The maximum absolute atomic E-state index is 5.77. The highest BCUT2D eigenvalue weighted by Crippen LogP contribution is 2.13. The number of rotatable bonds is 1. The van der Waals surface area contributed by atoms with Gasteiger partial charge in [-0.05, 0) is 19.1 Å². The molecule has 0 amide bonds. The lowest BCUT2D eigenvalue weighted by atomic mass is 10.4. The van der Waals surface area contributed by atoms with Gasteiger partial charge in [0.15, 0.2) is 5.82 Å². The van der Waals surface area contributed by atoms with Gasteiger partial charge in [0.2, 0.25) is 0 Å². The Morgan fingerprint density at radius 3 is 2.77 bits per heavy atom. The molecule has 0 aliphatic rings. The zero-order chi connectivity index (χ0) is 9.26. The minimum atomic E-state index is 0.656. The Hall–Kier alpha value is -1.84. The second-order valence-electron chi connectivity index (χ2n) is 2.76. The van der Waals surface area contributed by atoms with E-state index in [4.69, 9.17) is 5.73 Å². The number of nitrogen functional groups attached to an aromatic ring is 1. The lowest BCUT2D eigenvalue weighted by Crippen LogP contribution is -2.02. The van der Waals surface area contributed by atoms with E-state index in [-0.39, 0.29) is 0 Å². The predicted octanol–water partition coefficient (Wildman–Crippen LogP) is 1.16.